The van der Waals surface area contributed by atoms with Crippen molar-refractivity contribution in [3.05, 3.63) is 34.9 Å². The van der Waals surface area contributed by atoms with Crippen LogP contribution in [0, 0.1) is 5.92 Å². The second kappa shape index (κ2) is 6.89. The van der Waals surface area contributed by atoms with Crippen molar-refractivity contribution in [1.29, 1.82) is 0 Å². The van der Waals surface area contributed by atoms with Gasteiger partial charge in [0.25, 0.3) is 0 Å². The van der Waals surface area contributed by atoms with Gasteiger partial charge >= 0.3 is 0 Å². The third-order valence-electron chi connectivity index (χ3n) is 2.64. The molecule has 0 spiro atoms. The molecule has 90 valence electrons. The zero-order valence-electron chi connectivity index (χ0n) is 10.0. The SMILES string of the molecule is CC(C)C(NCCCN)c1ccc(Cl)cc1. The largest absolute Gasteiger partial charge is 0.330 e. The van der Waals surface area contributed by atoms with Gasteiger partial charge in [-0.05, 0) is 43.1 Å². The molecule has 0 saturated heterocycles. The Labute approximate surface area is 103 Å². The van der Waals surface area contributed by atoms with E-state index in [0.29, 0.717) is 12.0 Å². The average molecular weight is 241 g/mol. The number of benzene rings is 1. The average Bonchev–Trinajstić information content (AvgIpc) is 2.26. The van der Waals surface area contributed by atoms with Gasteiger partial charge < -0.3 is 11.1 Å². The fourth-order valence-electron chi connectivity index (χ4n) is 1.77. The summed E-state index contributed by atoms with van der Waals surface area (Å²) in [5.74, 6) is 0.555. The second-order valence-electron chi connectivity index (χ2n) is 4.37. The summed E-state index contributed by atoms with van der Waals surface area (Å²) in [4.78, 5) is 0. The molecule has 0 aliphatic heterocycles. The van der Waals surface area contributed by atoms with Crippen LogP contribution >= 0.6 is 11.6 Å². The van der Waals surface area contributed by atoms with Gasteiger partial charge in [0, 0.05) is 11.1 Å². The van der Waals surface area contributed by atoms with Crippen LogP contribution in [0.4, 0.5) is 0 Å². The first-order chi connectivity index (χ1) is 7.65. The van der Waals surface area contributed by atoms with Crippen LogP contribution in [-0.2, 0) is 0 Å². The minimum atomic E-state index is 0.379. The Hall–Kier alpha value is -0.570. The van der Waals surface area contributed by atoms with E-state index in [9.17, 15) is 0 Å². The van der Waals surface area contributed by atoms with Crippen molar-refractivity contribution in [2.45, 2.75) is 26.3 Å². The lowest BCUT2D eigenvalue weighted by atomic mass is 9.96. The number of hydrogen-bond acceptors (Lipinski definition) is 2. The maximum absolute atomic E-state index is 5.89. The Morgan fingerprint density at radius 2 is 1.88 bits per heavy atom. The molecule has 1 rings (SSSR count). The predicted molar refractivity (Wildman–Crippen MR) is 70.7 cm³/mol. The highest BCUT2D eigenvalue weighted by atomic mass is 35.5. The summed E-state index contributed by atoms with van der Waals surface area (Å²) in [6.45, 7) is 6.13. The van der Waals surface area contributed by atoms with Crippen molar-refractivity contribution in [3.8, 4) is 0 Å². The molecule has 2 nitrogen and oxygen atoms in total. The highest BCUT2D eigenvalue weighted by Gasteiger charge is 2.14. The van der Waals surface area contributed by atoms with Crippen molar-refractivity contribution in [1.82, 2.24) is 5.32 Å². The van der Waals surface area contributed by atoms with Gasteiger partial charge in [0.1, 0.15) is 0 Å². The second-order valence-corrected chi connectivity index (χ2v) is 4.81. The van der Waals surface area contributed by atoms with Crippen molar-refractivity contribution < 1.29 is 0 Å². The summed E-state index contributed by atoms with van der Waals surface area (Å²) in [5, 5.41) is 4.32. The molecule has 3 heteroatoms. The van der Waals surface area contributed by atoms with E-state index in [2.05, 4.69) is 31.3 Å². The fourth-order valence-corrected chi connectivity index (χ4v) is 1.89. The molecule has 1 atom stereocenters. The summed E-state index contributed by atoms with van der Waals surface area (Å²) >= 11 is 5.89. The number of halogens is 1. The van der Waals surface area contributed by atoms with Gasteiger partial charge in [0.05, 0.1) is 0 Å². The Morgan fingerprint density at radius 1 is 1.25 bits per heavy atom. The number of nitrogens with one attached hydrogen (secondary N) is 1. The number of rotatable bonds is 6. The van der Waals surface area contributed by atoms with Crippen LogP contribution in [0.1, 0.15) is 31.9 Å². The van der Waals surface area contributed by atoms with Gasteiger partial charge in [0.2, 0.25) is 0 Å². The molecule has 0 bridgehead atoms. The maximum Gasteiger partial charge on any atom is 0.0406 e. The van der Waals surface area contributed by atoms with E-state index in [-0.39, 0.29) is 0 Å². The van der Waals surface area contributed by atoms with Gasteiger partial charge in [-0.15, -0.1) is 0 Å². The third kappa shape index (κ3) is 4.12. The standard InChI is InChI=1S/C13H21ClN2/c1-10(2)13(16-9-3-8-15)11-4-6-12(14)7-5-11/h4-7,10,13,16H,3,8-9,15H2,1-2H3. The Bertz CT molecular complexity index is 295. The van der Waals surface area contributed by atoms with Crippen LogP contribution in [0.3, 0.4) is 0 Å². The lowest BCUT2D eigenvalue weighted by Gasteiger charge is -2.23. The smallest absolute Gasteiger partial charge is 0.0406 e. The predicted octanol–water partition coefficient (Wildman–Crippen LogP) is 2.98. The van der Waals surface area contributed by atoms with Gasteiger partial charge in [-0.3, -0.25) is 0 Å². The van der Waals surface area contributed by atoms with Crippen LogP contribution in [0.2, 0.25) is 5.02 Å². The van der Waals surface area contributed by atoms with Gasteiger partial charge in [-0.1, -0.05) is 37.6 Å². The van der Waals surface area contributed by atoms with Crippen LogP contribution in [0.15, 0.2) is 24.3 Å². The Kier molecular flexibility index (Phi) is 5.81. The van der Waals surface area contributed by atoms with E-state index in [1.54, 1.807) is 0 Å². The lowest BCUT2D eigenvalue weighted by molar-refractivity contribution is 0.410. The molecule has 16 heavy (non-hydrogen) atoms. The highest BCUT2D eigenvalue weighted by Crippen LogP contribution is 2.22. The monoisotopic (exact) mass is 240 g/mol. The minimum absolute atomic E-state index is 0.379. The summed E-state index contributed by atoms with van der Waals surface area (Å²) < 4.78 is 0. The van der Waals surface area contributed by atoms with E-state index in [4.69, 9.17) is 17.3 Å². The van der Waals surface area contributed by atoms with Crippen molar-refractivity contribution in [3.63, 3.8) is 0 Å². The normalized spacial score (nSPS) is 13.1. The van der Waals surface area contributed by atoms with E-state index in [1.165, 1.54) is 5.56 Å². The molecule has 0 aliphatic carbocycles. The van der Waals surface area contributed by atoms with Crippen LogP contribution < -0.4 is 11.1 Å². The highest BCUT2D eigenvalue weighted by molar-refractivity contribution is 6.30. The zero-order chi connectivity index (χ0) is 12.0. The zero-order valence-corrected chi connectivity index (χ0v) is 10.8. The summed E-state index contributed by atoms with van der Waals surface area (Å²) in [6, 6.07) is 8.43. The Balaban J connectivity index is 2.65. The molecule has 0 fully saturated rings. The third-order valence-corrected chi connectivity index (χ3v) is 2.89. The molecule has 1 aromatic carbocycles. The maximum atomic E-state index is 5.89. The summed E-state index contributed by atoms with van der Waals surface area (Å²) in [5.41, 5.74) is 6.78. The van der Waals surface area contributed by atoms with Crippen molar-refractivity contribution in [2.75, 3.05) is 13.1 Å². The van der Waals surface area contributed by atoms with E-state index < -0.39 is 0 Å². The van der Waals surface area contributed by atoms with Gasteiger partial charge in [-0.25, -0.2) is 0 Å². The van der Waals surface area contributed by atoms with Crippen molar-refractivity contribution in [2.24, 2.45) is 11.7 Å². The van der Waals surface area contributed by atoms with Crippen LogP contribution in [-0.4, -0.2) is 13.1 Å². The molecule has 1 aromatic rings. The molecule has 1 unspecified atom stereocenters. The topological polar surface area (TPSA) is 38.0 Å². The summed E-state index contributed by atoms with van der Waals surface area (Å²) in [7, 11) is 0. The number of hydrogen-bond donors (Lipinski definition) is 2. The first kappa shape index (κ1) is 13.5. The molecule has 0 radical (unpaired) electrons. The number of nitrogens with two attached hydrogens (primary N) is 1. The first-order valence-corrected chi connectivity index (χ1v) is 6.22. The molecule has 0 aromatic heterocycles. The Morgan fingerprint density at radius 3 is 2.38 bits per heavy atom. The quantitative estimate of drug-likeness (QED) is 0.751. The first-order valence-electron chi connectivity index (χ1n) is 5.84. The molecule has 0 heterocycles. The molecule has 0 amide bonds. The van der Waals surface area contributed by atoms with Gasteiger partial charge in [0.15, 0.2) is 0 Å². The van der Waals surface area contributed by atoms with Crippen LogP contribution in [0.25, 0.3) is 0 Å². The molecule has 3 N–H and O–H groups in total. The lowest BCUT2D eigenvalue weighted by Crippen LogP contribution is -2.27. The molecular weight excluding hydrogens is 220 g/mol. The van der Waals surface area contributed by atoms with E-state index in [1.807, 2.05) is 12.1 Å². The fraction of sp³-hybridized carbons (Fsp3) is 0.538. The van der Waals surface area contributed by atoms with E-state index in [0.717, 1.165) is 24.5 Å². The molecule has 0 saturated carbocycles. The van der Waals surface area contributed by atoms with Crippen LogP contribution in [0.5, 0.6) is 0 Å². The minimum Gasteiger partial charge on any atom is -0.330 e. The van der Waals surface area contributed by atoms with E-state index >= 15 is 0 Å². The summed E-state index contributed by atoms with van der Waals surface area (Å²) in [6.07, 6.45) is 1.01. The van der Waals surface area contributed by atoms with Gasteiger partial charge in [-0.2, -0.15) is 0 Å². The molecular formula is C13H21ClN2. The van der Waals surface area contributed by atoms with Crippen molar-refractivity contribution >= 4 is 11.6 Å². The molecule has 0 aliphatic rings.